The number of hydrogen-bond donors (Lipinski definition) is 1. The zero-order valence-electron chi connectivity index (χ0n) is 27.9. The molecule has 1 aromatic heterocycles. The number of nitrogens with one attached hydrogen (secondary N) is 1. The summed E-state index contributed by atoms with van der Waals surface area (Å²) in [4.78, 5) is 10.4. The number of allylic oxidation sites excluding steroid dienone is 2. The van der Waals surface area contributed by atoms with E-state index < -0.39 is 0 Å². The average Bonchev–Trinajstić information content (AvgIpc) is 3.59. The second-order valence-electron chi connectivity index (χ2n) is 13.3. The third-order valence-electron chi connectivity index (χ3n) is 10.2. The highest BCUT2D eigenvalue weighted by Gasteiger charge is 2.24. The minimum absolute atomic E-state index is 0.253. The molecule has 0 saturated carbocycles. The summed E-state index contributed by atoms with van der Waals surface area (Å²) in [6.07, 6.45) is 8.50. The number of furan rings is 1. The van der Waals surface area contributed by atoms with Gasteiger partial charge in [0, 0.05) is 21.9 Å². The highest BCUT2D eigenvalue weighted by Crippen LogP contribution is 2.36. The van der Waals surface area contributed by atoms with E-state index in [9.17, 15) is 0 Å². The van der Waals surface area contributed by atoms with Crippen molar-refractivity contribution < 1.29 is 4.42 Å². The first-order chi connectivity index (χ1) is 25.2. The van der Waals surface area contributed by atoms with Gasteiger partial charge in [-0.15, -0.1) is 0 Å². The summed E-state index contributed by atoms with van der Waals surface area (Å²) >= 11 is 0. The largest absolute Gasteiger partial charge is 0.456 e. The Labute approximate surface area is 295 Å². The van der Waals surface area contributed by atoms with Gasteiger partial charge in [-0.3, -0.25) is 0 Å². The van der Waals surface area contributed by atoms with Crippen molar-refractivity contribution in [2.24, 2.45) is 9.98 Å². The number of amidine groups is 2. The Morgan fingerprint density at radius 3 is 2.14 bits per heavy atom. The molecule has 8 aromatic rings. The van der Waals surface area contributed by atoms with Gasteiger partial charge in [-0.05, 0) is 86.5 Å². The Balaban J connectivity index is 1.04. The molecule has 2 aliphatic rings. The topological polar surface area (TPSA) is 49.9 Å². The van der Waals surface area contributed by atoms with Crippen LogP contribution in [0.5, 0.6) is 0 Å². The Morgan fingerprint density at radius 1 is 0.549 bits per heavy atom. The Morgan fingerprint density at radius 2 is 1.27 bits per heavy atom. The SMILES string of the molecule is C1=CC(C2N=C(c3cccc4oc5cc(-c6ccccc6)ccc5c34)N=C(c3ccc(-c4ccc5c(ccc6ccccc65)c4)cc3)N2)=CCC1. The average molecular weight is 656 g/mol. The summed E-state index contributed by atoms with van der Waals surface area (Å²) in [7, 11) is 0. The van der Waals surface area contributed by atoms with Crippen molar-refractivity contribution in [3.8, 4) is 22.3 Å². The minimum atomic E-state index is -0.253. The number of aliphatic imine (C=N–C) groups is 2. The first-order valence-electron chi connectivity index (χ1n) is 17.6. The summed E-state index contributed by atoms with van der Waals surface area (Å²) in [5.41, 5.74) is 9.45. The molecule has 2 heterocycles. The lowest BCUT2D eigenvalue weighted by atomic mass is 9.97. The molecule has 1 aliphatic carbocycles. The molecule has 0 radical (unpaired) electrons. The van der Waals surface area contributed by atoms with Crippen LogP contribution in [0.4, 0.5) is 0 Å². The van der Waals surface area contributed by atoms with E-state index in [1.165, 1.54) is 27.1 Å². The van der Waals surface area contributed by atoms with Crippen molar-refractivity contribution in [1.29, 1.82) is 0 Å². The molecule has 242 valence electrons. The van der Waals surface area contributed by atoms with Crippen LogP contribution < -0.4 is 5.32 Å². The van der Waals surface area contributed by atoms with Crippen molar-refractivity contribution in [2.75, 3.05) is 0 Å². The van der Waals surface area contributed by atoms with Crippen LogP contribution in [-0.2, 0) is 0 Å². The van der Waals surface area contributed by atoms with Gasteiger partial charge in [0.05, 0.1) is 0 Å². The van der Waals surface area contributed by atoms with E-state index in [1.807, 2.05) is 18.2 Å². The van der Waals surface area contributed by atoms with Gasteiger partial charge in [0.15, 0.2) is 5.84 Å². The predicted octanol–water partition coefficient (Wildman–Crippen LogP) is 11.6. The third-order valence-corrected chi connectivity index (χ3v) is 10.2. The zero-order valence-corrected chi connectivity index (χ0v) is 27.9. The molecule has 0 fully saturated rings. The molecule has 1 N–H and O–H groups in total. The molecule has 4 nitrogen and oxygen atoms in total. The molecule has 0 bridgehead atoms. The highest BCUT2D eigenvalue weighted by atomic mass is 16.3. The molecule has 10 rings (SSSR count). The van der Waals surface area contributed by atoms with Gasteiger partial charge in [-0.2, -0.15) is 0 Å². The van der Waals surface area contributed by atoms with E-state index in [-0.39, 0.29) is 6.17 Å². The maximum absolute atomic E-state index is 6.46. The maximum atomic E-state index is 6.46. The summed E-state index contributed by atoms with van der Waals surface area (Å²) in [5, 5.41) is 10.8. The van der Waals surface area contributed by atoms with Crippen molar-refractivity contribution in [3.05, 3.63) is 181 Å². The van der Waals surface area contributed by atoms with Crippen LogP contribution in [0, 0.1) is 0 Å². The van der Waals surface area contributed by atoms with Crippen molar-refractivity contribution in [2.45, 2.75) is 19.0 Å². The van der Waals surface area contributed by atoms with E-state index in [0.717, 1.165) is 74.0 Å². The number of fused-ring (bicyclic) bond motifs is 6. The fourth-order valence-corrected chi connectivity index (χ4v) is 7.56. The van der Waals surface area contributed by atoms with Crippen LogP contribution >= 0.6 is 0 Å². The second-order valence-corrected chi connectivity index (χ2v) is 13.3. The lowest BCUT2D eigenvalue weighted by Crippen LogP contribution is -2.40. The maximum Gasteiger partial charge on any atom is 0.160 e. The highest BCUT2D eigenvalue weighted by molar-refractivity contribution is 6.22. The molecule has 0 amide bonds. The molecule has 4 heteroatoms. The van der Waals surface area contributed by atoms with Gasteiger partial charge in [0.2, 0.25) is 0 Å². The first-order valence-corrected chi connectivity index (χ1v) is 17.6. The van der Waals surface area contributed by atoms with E-state index in [2.05, 4.69) is 151 Å². The van der Waals surface area contributed by atoms with Crippen LogP contribution in [0.15, 0.2) is 184 Å². The van der Waals surface area contributed by atoms with Crippen molar-refractivity contribution in [3.63, 3.8) is 0 Å². The van der Waals surface area contributed by atoms with Crippen LogP contribution in [0.25, 0.3) is 65.7 Å². The summed E-state index contributed by atoms with van der Waals surface area (Å²) in [6, 6.07) is 51.5. The van der Waals surface area contributed by atoms with Gasteiger partial charge < -0.3 is 9.73 Å². The molecule has 51 heavy (non-hydrogen) atoms. The number of rotatable bonds is 5. The van der Waals surface area contributed by atoms with E-state index >= 15 is 0 Å². The molecular formula is C47H33N3O. The summed E-state index contributed by atoms with van der Waals surface area (Å²) < 4.78 is 6.46. The van der Waals surface area contributed by atoms with Crippen molar-refractivity contribution in [1.82, 2.24) is 5.32 Å². The molecule has 1 unspecified atom stereocenters. The van der Waals surface area contributed by atoms with Crippen LogP contribution in [0.1, 0.15) is 24.0 Å². The van der Waals surface area contributed by atoms with E-state index in [1.54, 1.807) is 0 Å². The molecule has 0 saturated heterocycles. The summed E-state index contributed by atoms with van der Waals surface area (Å²) in [6.45, 7) is 0. The fourth-order valence-electron chi connectivity index (χ4n) is 7.56. The van der Waals surface area contributed by atoms with Crippen LogP contribution in [-0.4, -0.2) is 17.8 Å². The second kappa shape index (κ2) is 12.1. The number of hydrogen-bond acceptors (Lipinski definition) is 4. The first kappa shape index (κ1) is 29.4. The van der Waals surface area contributed by atoms with E-state index in [0.29, 0.717) is 5.84 Å². The van der Waals surface area contributed by atoms with Crippen LogP contribution in [0.2, 0.25) is 0 Å². The molecule has 0 spiro atoms. The Bertz CT molecular complexity index is 2770. The van der Waals surface area contributed by atoms with Gasteiger partial charge in [0.1, 0.15) is 23.2 Å². The predicted molar refractivity (Wildman–Crippen MR) is 213 cm³/mol. The van der Waals surface area contributed by atoms with Gasteiger partial charge in [-0.1, -0.05) is 140 Å². The molecule has 7 aromatic carbocycles. The van der Waals surface area contributed by atoms with Gasteiger partial charge >= 0.3 is 0 Å². The molecular weight excluding hydrogens is 623 g/mol. The lowest BCUT2D eigenvalue weighted by molar-refractivity contribution is 0.669. The third kappa shape index (κ3) is 5.24. The number of nitrogens with zero attached hydrogens (tertiary/aromatic N) is 2. The standard InChI is InChI=1S/C47H33N3O/c1-3-10-30(11-4-1)36-25-27-40-43(29-36)51-42-17-9-16-41(44(40)42)47-49-45(33-13-5-2-6-14-33)48-46(50-47)34-21-18-31(19-22-34)35-24-26-39-37(28-35)23-20-32-12-7-8-15-38(32)39/h1,3-5,7-29,45H,2,6H2,(H,48,49,50). The monoisotopic (exact) mass is 655 g/mol. The van der Waals surface area contributed by atoms with Crippen LogP contribution in [0.3, 0.4) is 0 Å². The molecule has 1 atom stereocenters. The fraction of sp³-hybridized carbons (Fsp3) is 0.0638. The zero-order chi connectivity index (χ0) is 33.7. The van der Waals surface area contributed by atoms with E-state index in [4.69, 9.17) is 14.4 Å². The van der Waals surface area contributed by atoms with Crippen molar-refractivity contribution >= 4 is 55.2 Å². The molecule has 1 aliphatic heterocycles. The van der Waals surface area contributed by atoms with Gasteiger partial charge in [0.25, 0.3) is 0 Å². The smallest absolute Gasteiger partial charge is 0.160 e. The quantitative estimate of drug-likeness (QED) is 0.188. The summed E-state index contributed by atoms with van der Waals surface area (Å²) in [5.74, 6) is 1.50. The Kier molecular flexibility index (Phi) is 6.98. The normalized spacial score (nSPS) is 15.9. The Hall–Kier alpha value is -6.52. The lowest BCUT2D eigenvalue weighted by Gasteiger charge is -2.25. The number of benzene rings is 7. The van der Waals surface area contributed by atoms with Gasteiger partial charge in [-0.25, -0.2) is 9.98 Å². The minimum Gasteiger partial charge on any atom is -0.456 e.